The highest BCUT2D eigenvalue weighted by atomic mass is 19.4. The highest BCUT2D eigenvalue weighted by Crippen LogP contribution is 2.24. The first kappa shape index (κ1) is 19.4. The predicted molar refractivity (Wildman–Crippen MR) is 59.2 cm³/mol. The van der Waals surface area contributed by atoms with E-state index in [9.17, 15) is 35.9 Å². The molecule has 7 nitrogen and oxygen atoms in total. The largest absolute Gasteiger partial charge is 0.481 e. The van der Waals surface area contributed by atoms with Crippen molar-refractivity contribution in [1.29, 1.82) is 5.41 Å². The zero-order valence-corrected chi connectivity index (χ0v) is 10.3. The van der Waals surface area contributed by atoms with Crippen LogP contribution < -0.4 is 11.3 Å². The van der Waals surface area contributed by atoms with Gasteiger partial charge < -0.3 is 15.8 Å². The number of halogens is 6. The van der Waals surface area contributed by atoms with Crippen molar-refractivity contribution in [1.82, 2.24) is 9.97 Å². The fraction of sp³-hybridized carbons (Fsp3) is 0.333. The van der Waals surface area contributed by atoms with Crippen LogP contribution in [0, 0.1) is 5.41 Å². The van der Waals surface area contributed by atoms with Crippen LogP contribution in [0.2, 0.25) is 0 Å². The molecular weight excluding hydrogens is 326 g/mol. The maximum Gasteiger partial charge on any atom is 0.449 e. The van der Waals surface area contributed by atoms with Crippen LogP contribution in [0.15, 0.2) is 10.9 Å². The molecule has 1 heterocycles. The summed E-state index contributed by atoms with van der Waals surface area (Å²) < 4.78 is 68.8. The topological polar surface area (TPSA) is 133 Å². The van der Waals surface area contributed by atoms with E-state index in [1.54, 1.807) is 0 Å². The number of nitrogens with zero attached hydrogens (tertiary/aromatic N) is 1. The van der Waals surface area contributed by atoms with Crippen LogP contribution in [0.25, 0.3) is 0 Å². The Labute approximate surface area is 117 Å². The van der Waals surface area contributed by atoms with Crippen molar-refractivity contribution in [2.45, 2.75) is 18.8 Å². The number of alkyl halides is 6. The Hall–Kier alpha value is -2.60. The van der Waals surface area contributed by atoms with E-state index in [0.717, 1.165) is 0 Å². The molecule has 0 saturated carbocycles. The highest BCUT2D eigenvalue weighted by molar-refractivity contribution is 5.82. The first-order valence-electron chi connectivity index (χ1n) is 5.04. The molecule has 0 spiro atoms. The summed E-state index contributed by atoms with van der Waals surface area (Å²) >= 11 is 0. The predicted octanol–water partition coefficient (Wildman–Crippen LogP) is 0.900. The minimum Gasteiger partial charge on any atom is -0.481 e. The number of nitrogens with two attached hydrogens (primary N) is 1. The number of amidine groups is 1. The zero-order chi connectivity index (χ0) is 17.7. The second kappa shape index (κ2) is 6.91. The lowest BCUT2D eigenvalue weighted by Gasteiger charge is -2.05. The number of carboxylic acids is 1. The maximum atomic E-state index is 12.1. The van der Waals surface area contributed by atoms with Crippen molar-refractivity contribution < 1.29 is 36.2 Å². The van der Waals surface area contributed by atoms with Gasteiger partial charge in [-0.2, -0.15) is 26.3 Å². The Balaban J connectivity index is 0.000000534. The summed E-state index contributed by atoms with van der Waals surface area (Å²) in [4.78, 5) is 25.4. The number of aromatic amines is 1. The van der Waals surface area contributed by atoms with E-state index >= 15 is 0 Å². The number of carboxylic acid groups (broad SMARTS) is 1. The summed E-state index contributed by atoms with van der Waals surface area (Å²) in [6.45, 7) is 0. The van der Waals surface area contributed by atoms with Gasteiger partial charge >= 0.3 is 18.3 Å². The van der Waals surface area contributed by atoms with Crippen LogP contribution in [-0.2, 0) is 17.4 Å². The molecule has 0 fully saturated rings. The zero-order valence-electron chi connectivity index (χ0n) is 10.3. The summed E-state index contributed by atoms with van der Waals surface area (Å²) in [7, 11) is 0. The minimum absolute atomic E-state index is 0.432. The summed E-state index contributed by atoms with van der Waals surface area (Å²) in [6, 6.07) is 0.712. The number of aromatic nitrogens is 2. The van der Waals surface area contributed by atoms with Crippen molar-refractivity contribution in [2.24, 2.45) is 5.73 Å². The molecule has 0 atom stereocenters. The van der Waals surface area contributed by atoms with Gasteiger partial charge in [0.1, 0.15) is 0 Å². The first-order valence-corrected chi connectivity index (χ1v) is 5.04. The van der Waals surface area contributed by atoms with Gasteiger partial charge in [-0.3, -0.25) is 15.0 Å². The van der Waals surface area contributed by atoms with Gasteiger partial charge in [0.2, 0.25) is 5.82 Å². The fourth-order valence-corrected chi connectivity index (χ4v) is 0.888. The Morgan fingerprint density at radius 1 is 1.32 bits per heavy atom. The number of H-pyrrole nitrogens is 1. The molecule has 1 rings (SSSR count). The average molecular weight is 334 g/mol. The Kier molecular flexibility index (Phi) is 6.09. The monoisotopic (exact) mass is 334 g/mol. The van der Waals surface area contributed by atoms with Gasteiger partial charge in [-0.1, -0.05) is 0 Å². The third-order valence-electron chi connectivity index (χ3n) is 1.70. The van der Waals surface area contributed by atoms with Crippen molar-refractivity contribution in [3.8, 4) is 0 Å². The molecule has 0 aromatic carbocycles. The SMILES string of the molecule is N=C(N)C(F)(F)F.O=C(O)Cc1cc(=O)[nH]c(C(F)(F)F)n1. The molecule has 0 unspecified atom stereocenters. The van der Waals surface area contributed by atoms with Gasteiger partial charge in [0, 0.05) is 6.07 Å². The lowest BCUT2D eigenvalue weighted by Crippen LogP contribution is -2.29. The van der Waals surface area contributed by atoms with Gasteiger partial charge in [0.15, 0.2) is 5.84 Å². The lowest BCUT2D eigenvalue weighted by molar-refractivity contribution is -0.145. The van der Waals surface area contributed by atoms with Crippen LogP contribution in [-0.4, -0.2) is 33.1 Å². The molecule has 0 bridgehead atoms. The lowest BCUT2D eigenvalue weighted by atomic mass is 10.3. The van der Waals surface area contributed by atoms with Gasteiger partial charge in [-0.05, 0) is 0 Å². The van der Waals surface area contributed by atoms with E-state index < -0.39 is 47.7 Å². The quantitative estimate of drug-likeness (QED) is 0.362. The van der Waals surface area contributed by atoms with Gasteiger partial charge in [0.05, 0.1) is 12.1 Å². The first-order chi connectivity index (χ1) is 9.73. The summed E-state index contributed by atoms with van der Waals surface area (Å²) in [5, 5.41) is 14.1. The van der Waals surface area contributed by atoms with Crippen LogP contribution >= 0.6 is 0 Å². The van der Waals surface area contributed by atoms with Gasteiger partial charge in [0.25, 0.3) is 5.56 Å². The molecule has 5 N–H and O–H groups in total. The molecular formula is C9H8F6N4O3. The molecule has 0 amide bonds. The number of rotatable bonds is 2. The third-order valence-corrected chi connectivity index (χ3v) is 1.70. The number of hydrogen-bond donors (Lipinski definition) is 4. The Morgan fingerprint density at radius 2 is 1.77 bits per heavy atom. The minimum atomic E-state index is -4.80. The molecule has 1 aromatic heterocycles. The molecule has 13 heteroatoms. The number of aliphatic carboxylic acids is 1. The van der Waals surface area contributed by atoms with Crippen LogP contribution in [0.1, 0.15) is 11.5 Å². The fourth-order valence-electron chi connectivity index (χ4n) is 0.888. The standard InChI is InChI=1S/C7H5F3N2O3.C2H3F3N2/c8-7(9,10)6-11-3(2-5(14)15)1-4(13)12-6;3-2(4,5)1(6)7/h1H,2H2,(H,14,15)(H,11,12,13);(H3,6,7). The van der Waals surface area contributed by atoms with Crippen molar-refractivity contribution in [2.75, 3.05) is 0 Å². The van der Waals surface area contributed by atoms with Gasteiger partial charge in [-0.25, -0.2) is 4.98 Å². The van der Waals surface area contributed by atoms with Crippen LogP contribution in [0.4, 0.5) is 26.3 Å². The smallest absolute Gasteiger partial charge is 0.449 e. The normalized spacial score (nSPS) is 11.4. The van der Waals surface area contributed by atoms with E-state index in [1.165, 1.54) is 4.98 Å². The highest BCUT2D eigenvalue weighted by Gasteiger charge is 2.34. The van der Waals surface area contributed by atoms with Crippen molar-refractivity contribution in [3.05, 3.63) is 27.9 Å². The molecule has 0 saturated heterocycles. The Morgan fingerprint density at radius 3 is 2.09 bits per heavy atom. The average Bonchev–Trinajstić information content (AvgIpc) is 2.25. The van der Waals surface area contributed by atoms with E-state index in [2.05, 4.69) is 10.7 Å². The Bertz CT molecular complexity index is 607. The summed E-state index contributed by atoms with van der Waals surface area (Å²) in [5.74, 6) is -4.61. The van der Waals surface area contributed by atoms with E-state index in [1.807, 2.05) is 0 Å². The number of hydrogen-bond acceptors (Lipinski definition) is 4. The van der Waals surface area contributed by atoms with Crippen molar-refractivity contribution >= 4 is 11.8 Å². The third kappa shape index (κ3) is 7.25. The summed E-state index contributed by atoms with van der Waals surface area (Å²) in [5.41, 5.74) is 2.56. The molecule has 0 radical (unpaired) electrons. The van der Waals surface area contributed by atoms with Crippen LogP contribution in [0.5, 0.6) is 0 Å². The molecule has 0 aliphatic carbocycles. The summed E-state index contributed by atoms with van der Waals surface area (Å²) in [6.07, 6.45) is -10.2. The van der Waals surface area contributed by atoms with E-state index in [4.69, 9.17) is 10.5 Å². The van der Waals surface area contributed by atoms with Crippen LogP contribution in [0.3, 0.4) is 0 Å². The van der Waals surface area contributed by atoms with E-state index in [0.29, 0.717) is 6.07 Å². The molecule has 0 aliphatic heterocycles. The van der Waals surface area contributed by atoms with E-state index in [-0.39, 0.29) is 0 Å². The number of nitrogens with one attached hydrogen (secondary N) is 2. The second-order valence-electron chi connectivity index (χ2n) is 3.57. The maximum absolute atomic E-state index is 12.1. The molecule has 0 aliphatic rings. The second-order valence-corrected chi connectivity index (χ2v) is 3.57. The number of carbonyl (C=O) groups is 1. The molecule has 1 aromatic rings. The molecule has 22 heavy (non-hydrogen) atoms. The van der Waals surface area contributed by atoms with Gasteiger partial charge in [-0.15, -0.1) is 0 Å². The molecule has 124 valence electrons. The van der Waals surface area contributed by atoms with Crippen molar-refractivity contribution in [3.63, 3.8) is 0 Å².